The van der Waals surface area contributed by atoms with E-state index in [0.29, 0.717) is 13.1 Å². The van der Waals surface area contributed by atoms with Crippen LogP contribution >= 0.6 is 15.9 Å². The molecule has 1 aliphatic heterocycles. The Kier molecular flexibility index (Phi) is 4.42. The van der Waals surface area contributed by atoms with E-state index in [4.69, 9.17) is 5.73 Å². The summed E-state index contributed by atoms with van der Waals surface area (Å²) in [5, 5.41) is 2.86. The van der Waals surface area contributed by atoms with Crippen molar-refractivity contribution in [2.45, 2.75) is 12.8 Å². The summed E-state index contributed by atoms with van der Waals surface area (Å²) < 4.78 is 0.910. The zero-order chi connectivity index (χ0) is 13.8. The first-order chi connectivity index (χ1) is 9.06. The van der Waals surface area contributed by atoms with E-state index in [-0.39, 0.29) is 11.8 Å². The number of amides is 3. The van der Waals surface area contributed by atoms with Crippen LogP contribution in [0, 0.1) is 5.92 Å². The smallest absolute Gasteiger partial charge is 0.314 e. The standard InChI is InChI=1S/C13H16BrN3O2/c14-10-4-1-5-11(7-10)16-12(18)9-3-2-6-17(8-9)13(15)19/h1,4-5,7,9H,2-3,6,8H2,(H2,15,19)(H,16,18)/t9-/m0/s1. The van der Waals surface area contributed by atoms with Crippen LogP contribution in [0.2, 0.25) is 0 Å². The number of hydrogen-bond donors (Lipinski definition) is 2. The summed E-state index contributed by atoms with van der Waals surface area (Å²) in [6, 6.07) is 6.96. The van der Waals surface area contributed by atoms with E-state index < -0.39 is 6.03 Å². The molecule has 6 heteroatoms. The molecule has 3 amide bonds. The Morgan fingerprint density at radius 2 is 2.21 bits per heavy atom. The van der Waals surface area contributed by atoms with Gasteiger partial charge in [0.05, 0.1) is 5.92 Å². The molecule has 0 unspecified atom stereocenters. The Labute approximate surface area is 120 Å². The predicted molar refractivity (Wildman–Crippen MR) is 76.7 cm³/mol. The minimum atomic E-state index is -0.458. The van der Waals surface area contributed by atoms with Gasteiger partial charge in [-0.05, 0) is 31.0 Å². The maximum atomic E-state index is 12.1. The second kappa shape index (κ2) is 6.06. The number of anilines is 1. The fourth-order valence-corrected chi connectivity index (χ4v) is 2.60. The number of carbonyl (C=O) groups excluding carboxylic acids is 2. The molecule has 0 saturated carbocycles. The molecule has 1 aromatic rings. The normalized spacial score (nSPS) is 19.0. The molecular formula is C13H16BrN3O2. The fraction of sp³-hybridized carbons (Fsp3) is 0.385. The van der Waals surface area contributed by atoms with Crippen molar-refractivity contribution < 1.29 is 9.59 Å². The molecule has 19 heavy (non-hydrogen) atoms. The lowest BCUT2D eigenvalue weighted by Gasteiger charge is -2.30. The average molecular weight is 326 g/mol. The van der Waals surface area contributed by atoms with Gasteiger partial charge in [-0.2, -0.15) is 0 Å². The van der Waals surface area contributed by atoms with Gasteiger partial charge in [0.15, 0.2) is 0 Å². The van der Waals surface area contributed by atoms with Gasteiger partial charge >= 0.3 is 6.03 Å². The molecule has 3 N–H and O–H groups in total. The number of carbonyl (C=O) groups is 2. The van der Waals surface area contributed by atoms with Crippen molar-refractivity contribution in [2.75, 3.05) is 18.4 Å². The molecule has 102 valence electrons. The lowest BCUT2D eigenvalue weighted by Crippen LogP contribution is -2.46. The molecule has 0 aliphatic carbocycles. The van der Waals surface area contributed by atoms with Gasteiger partial charge in [-0.25, -0.2) is 4.79 Å². The first-order valence-corrected chi connectivity index (χ1v) is 6.96. The molecule has 1 heterocycles. The summed E-state index contributed by atoms with van der Waals surface area (Å²) in [4.78, 5) is 24.8. The third-order valence-electron chi connectivity index (χ3n) is 3.20. The minimum Gasteiger partial charge on any atom is -0.351 e. The number of nitrogens with zero attached hydrogens (tertiary/aromatic N) is 1. The highest BCUT2D eigenvalue weighted by molar-refractivity contribution is 9.10. The number of likely N-dealkylation sites (tertiary alicyclic amines) is 1. The Balaban J connectivity index is 1.98. The van der Waals surface area contributed by atoms with Crippen LogP contribution in [0.25, 0.3) is 0 Å². The van der Waals surface area contributed by atoms with Gasteiger partial charge in [0.1, 0.15) is 0 Å². The molecule has 1 fully saturated rings. The number of nitrogens with two attached hydrogens (primary N) is 1. The first-order valence-electron chi connectivity index (χ1n) is 6.17. The number of benzene rings is 1. The summed E-state index contributed by atoms with van der Waals surface area (Å²) in [7, 11) is 0. The minimum absolute atomic E-state index is 0.0657. The number of primary amides is 1. The molecule has 1 aromatic carbocycles. The molecule has 1 atom stereocenters. The van der Waals surface area contributed by atoms with Crippen molar-refractivity contribution in [3.8, 4) is 0 Å². The van der Waals surface area contributed by atoms with E-state index >= 15 is 0 Å². The first kappa shape index (κ1) is 13.9. The number of piperidine rings is 1. The van der Waals surface area contributed by atoms with Crippen LogP contribution in [0.5, 0.6) is 0 Å². The molecule has 5 nitrogen and oxygen atoms in total. The second-order valence-corrected chi connectivity index (χ2v) is 5.54. The lowest BCUT2D eigenvalue weighted by atomic mass is 9.97. The Morgan fingerprint density at radius 3 is 2.89 bits per heavy atom. The van der Waals surface area contributed by atoms with Gasteiger partial charge in [0.25, 0.3) is 0 Å². The van der Waals surface area contributed by atoms with Gasteiger partial charge in [0, 0.05) is 23.2 Å². The van der Waals surface area contributed by atoms with E-state index in [1.807, 2.05) is 24.3 Å². The molecular weight excluding hydrogens is 310 g/mol. The van der Waals surface area contributed by atoms with E-state index in [1.165, 1.54) is 4.90 Å². The maximum absolute atomic E-state index is 12.1. The largest absolute Gasteiger partial charge is 0.351 e. The average Bonchev–Trinajstić information content (AvgIpc) is 2.39. The zero-order valence-corrected chi connectivity index (χ0v) is 12.0. The molecule has 0 bridgehead atoms. The monoisotopic (exact) mass is 325 g/mol. The third-order valence-corrected chi connectivity index (χ3v) is 3.69. The number of nitrogens with one attached hydrogen (secondary N) is 1. The highest BCUT2D eigenvalue weighted by Gasteiger charge is 2.27. The third kappa shape index (κ3) is 3.70. The van der Waals surface area contributed by atoms with Gasteiger partial charge < -0.3 is 16.0 Å². The van der Waals surface area contributed by atoms with E-state index in [9.17, 15) is 9.59 Å². The van der Waals surface area contributed by atoms with Crippen LogP contribution in [-0.4, -0.2) is 29.9 Å². The molecule has 2 rings (SSSR count). The quantitative estimate of drug-likeness (QED) is 0.874. The van der Waals surface area contributed by atoms with Crippen LogP contribution < -0.4 is 11.1 Å². The van der Waals surface area contributed by atoms with Crippen LogP contribution in [0.15, 0.2) is 28.7 Å². The highest BCUT2D eigenvalue weighted by atomic mass is 79.9. The van der Waals surface area contributed by atoms with Crippen molar-refractivity contribution in [2.24, 2.45) is 11.7 Å². The summed E-state index contributed by atoms with van der Waals surface area (Å²) in [5.41, 5.74) is 6.00. The topological polar surface area (TPSA) is 75.4 Å². The van der Waals surface area contributed by atoms with Crippen LogP contribution in [0.4, 0.5) is 10.5 Å². The Bertz CT molecular complexity index is 493. The number of halogens is 1. The van der Waals surface area contributed by atoms with E-state index in [1.54, 1.807) is 0 Å². The number of rotatable bonds is 2. The van der Waals surface area contributed by atoms with Gasteiger partial charge in [0.2, 0.25) is 5.91 Å². The van der Waals surface area contributed by atoms with Crippen molar-refractivity contribution >= 4 is 33.6 Å². The lowest BCUT2D eigenvalue weighted by molar-refractivity contribution is -0.121. The van der Waals surface area contributed by atoms with Crippen LogP contribution in [0.1, 0.15) is 12.8 Å². The van der Waals surface area contributed by atoms with Crippen LogP contribution in [0.3, 0.4) is 0 Å². The maximum Gasteiger partial charge on any atom is 0.314 e. The van der Waals surface area contributed by atoms with E-state index in [2.05, 4.69) is 21.2 Å². The van der Waals surface area contributed by atoms with E-state index in [0.717, 1.165) is 23.0 Å². The van der Waals surface area contributed by atoms with Crippen molar-refractivity contribution in [3.63, 3.8) is 0 Å². The zero-order valence-electron chi connectivity index (χ0n) is 10.4. The van der Waals surface area contributed by atoms with Crippen LogP contribution in [-0.2, 0) is 4.79 Å². The Hall–Kier alpha value is -1.56. The van der Waals surface area contributed by atoms with Crippen molar-refractivity contribution in [1.82, 2.24) is 4.90 Å². The highest BCUT2D eigenvalue weighted by Crippen LogP contribution is 2.20. The molecule has 0 aromatic heterocycles. The summed E-state index contributed by atoms with van der Waals surface area (Å²) in [6.07, 6.45) is 1.59. The Morgan fingerprint density at radius 1 is 1.42 bits per heavy atom. The van der Waals surface area contributed by atoms with Gasteiger partial charge in [-0.15, -0.1) is 0 Å². The molecule has 0 spiro atoms. The molecule has 1 saturated heterocycles. The van der Waals surface area contributed by atoms with Crippen molar-refractivity contribution in [3.05, 3.63) is 28.7 Å². The SMILES string of the molecule is NC(=O)N1CCC[C@H](C(=O)Nc2cccc(Br)c2)C1. The summed E-state index contributed by atoms with van der Waals surface area (Å²) in [6.45, 7) is 1.03. The summed E-state index contributed by atoms with van der Waals surface area (Å²) in [5.74, 6) is -0.260. The summed E-state index contributed by atoms with van der Waals surface area (Å²) >= 11 is 3.36. The van der Waals surface area contributed by atoms with Crippen molar-refractivity contribution in [1.29, 1.82) is 0 Å². The fourth-order valence-electron chi connectivity index (χ4n) is 2.20. The number of hydrogen-bond acceptors (Lipinski definition) is 2. The predicted octanol–water partition coefficient (Wildman–Crippen LogP) is 2.18. The molecule has 0 radical (unpaired) electrons. The molecule has 1 aliphatic rings. The second-order valence-electron chi connectivity index (χ2n) is 4.62. The van der Waals surface area contributed by atoms with Gasteiger partial charge in [-0.1, -0.05) is 22.0 Å². The number of urea groups is 1. The van der Waals surface area contributed by atoms with Gasteiger partial charge in [-0.3, -0.25) is 4.79 Å².